The number of rotatable bonds is 6. The second-order valence-electron chi connectivity index (χ2n) is 4.37. The number of anilines is 2. The van der Waals surface area contributed by atoms with Crippen LogP contribution in [0.25, 0.3) is 0 Å². The first kappa shape index (κ1) is 14.9. The molecule has 1 aromatic carbocycles. The van der Waals surface area contributed by atoms with E-state index in [1.54, 1.807) is 14.2 Å². The lowest BCUT2D eigenvalue weighted by atomic mass is 10.3. The molecule has 1 N–H and O–H groups in total. The highest BCUT2D eigenvalue weighted by atomic mass is 79.9. The van der Waals surface area contributed by atoms with Crippen LogP contribution in [0, 0.1) is 6.92 Å². The Hall–Kier alpha value is -1.53. The molecular formula is C14H18BrN3O2. The van der Waals surface area contributed by atoms with Crippen molar-refractivity contribution in [2.45, 2.75) is 13.5 Å². The number of ether oxygens (including phenoxy) is 2. The summed E-state index contributed by atoms with van der Waals surface area (Å²) in [7, 11) is 3.34. The molecule has 2 aromatic rings. The molecule has 0 spiro atoms. The van der Waals surface area contributed by atoms with Gasteiger partial charge in [-0.1, -0.05) is 0 Å². The number of imidazole rings is 1. The molecule has 0 aliphatic rings. The first-order valence-electron chi connectivity index (χ1n) is 6.27. The van der Waals surface area contributed by atoms with E-state index in [1.807, 2.05) is 35.9 Å². The van der Waals surface area contributed by atoms with Crippen LogP contribution in [0.1, 0.15) is 5.69 Å². The Balaban J connectivity index is 2.18. The minimum Gasteiger partial charge on any atom is -0.496 e. The van der Waals surface area contributed by atoms with E-state index in [1.165, 1.54) is 0 Å². The summed E-state index contributed by atoms with van der Waals surface area (Å²) in [6.07, 6.45) is 2.00. The van der Waals surface area contributed by atoms with Gasteiger partial charge in [0.05, 0.1) is 23.9 Å². The van der Waals surface area contributed by atoms with Gasteiger partial charge in [-0.05, 0) is 41.1 Å². The molecule has 0 radical (unpaired) electrons. The zero-order chi connectivity index (χ0) is 14.5. The van der Waals surface area contributed by atoms with Crippen molar-refractivity contribution in [3.8, 4) is 5.75 Å². The first-order valence-corrected chi connectivity index (χ1v) is 7.06. The molecule has 5 nitrogen and oxygen atoms in total. The van der Waals surface area contributed by atoms with Crippen LogP contribution in [0.2, 0.25) is 0 Å². The van der Waals surface area contributed by atoms with Crippen LogP contribution in [-0.2, 0) is 11.3 Å². The van der Waals surface area contributed by atoms with Crippen molar-refractivity contribution in [3.05, 3.63) is 34.6 Å². The van der Waals surface area contributed by atoms with Gasteiger partial charge in [0.15, 0.2) is 0 Å². The van der Waals surface area contributed by atoms with E-state index < -0.39 is 0 Å². The van der Waals surface area contributed by atoms with Crippen LogP contribution in [0.15, 0.2) is 28.9 Å². The van der Waals surface area contributed by atoms with Crippen molar-refractivity contribution >= 4 is 27.6 Å². The van der Waals surface area contributed by atoms with E-state index in [2.05, 4.69) is 26.2 Å². The minimum atomic E-state index is 0.650. The maximum Gasteiger partial charge on any atom is 0.207 e. The van der Waals surface area contributed by atoms with Crippen LogP contribution in [0.3, 0.4) is 0 Å². The maximum atomic E-state index is 5.22. The Labute approximate surface area is 127 Å². The summed E-state index contributed by atoms with van der Waals surface area (Å²) in [6.45, 7) is 3.38. The van der Waals surface area contributed by atoms with Gasteiger partial charge in [0.1, 0.15) is 5.75 Å². The standard InChI is InChI=1S/C14H18BrN3O2/c1-10-9-18(6-7-19-2)14(16-10)17-11-4-5-13(20-3)12(15)8-11/h4-5,8-9H,6-7H2,1-3H3,(H,16,17). The van der Waals surface area contributed by atoms with E-state index in [-0.39, 0.29) is 0 Å². The van der Waals surface area contributed by atoms with Gasteiger partial charge in [0.25, 0.3) is 0 Å². The van der Waals surface area contributed by atoms with Crippen molar-refractivity contribution in [2.75, 3.05) is 26.1 Å². The monoisotopic (exact) mass is 339 g/mol. The van der Waals surface area contributed by atoms with E-state index in [0.717, 1.165) is 34.1 Å². The molecular weight excluding hydrogens is 322 g/mol. The minimum absolute atomic E-state index is 0.650. The predicted molar refractivity (Wildman–Crippen MR) is 82.8 cm³/mol. The molecule has 0 saturated carbocycles. The van der Waals surface area contributed by atoms with Gasteiger partial charge in [-0.15, -0.1) is 0 Å². The van der Waals surface area contributed by atoms with Crippen LogP contribution in [-0.4, -0.2) is 30.4 Å². The number of halogens is 1. The molecule has 0 atom stereocenters. The highest BCUT2D eigenvalue weighted by Crippen LogP contribution is 2.29. The third-order valence-electron chi connectivity index (χ3n) is 2.84. The van der Waals surface area contributed by atoms with Gasteiger partial charge >= 0.3 is 0 Å². The second kappa shape index (κ2) is 6.76. The largest absolute Gasteiger partial charge is 0.496 e. The van der Waals surface area contributed by atoms with Gasteiger partial charge in [-0.25, -0.2) is 4.98 Å². The molecule has 0 unspecified atom stereocenters. The summed E-state index contributed by atoms with van der Waals surface area (Å²) in [5, 5.41) is 3.31. The predicted octanol–water partition coefficient (Wildman–Crippen LogP) is 3.35. The third-order valence-corrected chi connectivity index (χ3v) is 3.46. The second-order valence-corrected chi connectivity index (χ2v) is 5.22. The summed E-state index contributed by atoms with van der Waals surface area (Å²) in [5.41, 5.74) is 1.91. The fourth-order valence-electron chi connectivity index (χ4n) is 1.88. The Morgan fingerprint density at radius 1 is 1.35 bits per heavy atom. The van der Waals surface area contributed by atoms with Crippen molar-refractivity contribution < 1.29 is 9.47 Å². The molecule has 1 aromatic heterocycles. The molecule has 0 aliphatic heterocycles. The van der Waals surface area contributed by atoms with Gasteiger partial charge in [0, 0.05) is 25.5 Å². The Morgan fingerprint density at radius 2 is 2.15 bits per heavy atom. The van der Waals surface area contributed by atoms with E-state index in [0.29, 0.717) is 6.61 Å². The Kier molecular flexibility index (Phi) is 5.03. The summed E-state index contributed by atoms with van der Waals surface area (Å²) in [4.78, 5) is 4.48. The quantitative estimate of drug-likeness (QED) is 0.876. The summed E-state index contributed by atoms with van der Waals surface area (Å²) >= 11 is 3.47. The molecule has 0 saturated heterocycles. The topological polar surface area (TPSA) is 48.3 Å². The Bertz CT molecular complexity index is 584. The van der Waals surface area contributed by atoms with Gasteiger partial charge in [-0.2, -0.15) is 0 Å². The molecule has 0 fully saturated rings. The van der Waals surface area contributed by atoms with E-state index >= 15 is 0 Å². The van der Waals surface area contributed by atoms with Crippen LogP contribution < -0.4 is 10.1 Å². The number of benzene rings is 1. The molecule has 0 aliphatic carbocycles. The Morgan fingerprint density at radius 3 is 2.80 bits per heavy atom. The molecule has 0 amide bonds. The molecule has 6 heteroatoms. The average molecular weight is 340 g/mol. The zero-order valence-electron chi connectivity index (χ0n) is 11.8. The van der Waals surface area contributed by atoms with Gasteiger partial charge in [-0.3, -0.25) is 0 Å². The highest BCUT2D eigenvalue weighted by Gasteiger charge is 2.07. The zero-order valence-corrected chi connectivity index (χ0v) is 13.4. The van der Waals surface area contributed by atoms with Crippen molar-refractivity contribution in [1.29, 1.82) is 0 Å². The number of hydrogen-bond donors (Lipinski definition) is 1. The van der Waals surface area contributed by atoms with E-state index in [9.17, 15) is 0 Å². The lowest BCUT2D eigenvalue weighted by Crippen LogP contribution is -2.07. The smallest absolute Gasteiger partial charge is 0.207 e. The normalized spacial score (nSPS) is 10.6. The molecule has 108 valence electrons. The molecule has 0 bridgehead atoms. The number of nitrogens with zero attached hydrogens (tertiary/aromatic N) is 2. The summed E-state index contributed by atoms with van der Waals surface area (Å²) in [6, 6.07) is 5.82. The van der Waals surface area contributed by atoms with Crippen molar-refractivity contribution in [2.24, 2.45) is 0 Å². The number of aromatic nitrogens is 2. The SMILES string of the molecule is COCCn1cc(C)nc1Nc1ccc(OC)c(Br)c1. The average Bonchev–Trinajstić information content (AvgIpc) is 2.76. The van der Waals surface area contributed by atoms with Crippen LogP contribution in [0.4, 0.5) is 11.6 Å². The molecule has 2 rings (SSSR count). The summed E-state index contributed by atoms with van der Waals surface area (Å²) in [5.74, 6) is 1.60. The van der Waals surface area contributed by atoms with Gasteiger partial charge in [0.2, 0.25) is 5.95 Å². The molecule has 1 heterocycles. The fourth-order valence-corrected chi connectivity index (χ4v) is 2.42. The summed E-state index contributed by atoms with van der Waals surface area (Å²) < 4.78 is 13.3. The fraction of sp³-hybridized carbons (Fsp3) is 0.357. The van der Waals surface area contributed by atoms with Crippen LogP contribution >= 0.6 is 15.9 Å². The maximum absolute atomic E-state index is 5.22. The lowest BCUT2D eigenvalue weighted by Gasteiger charge is -2.10. The van der Waals surface area contributed by atoms with Crippen molar-refractivity contribution in [3.63, 3.8) is 0 Å². The first-order chi connectivity index (χ1) is 9.63. The van der Waals surface area contributed by atoms with Gasteiger partial charge < -0.3 is 19.4 Å². The number of hydrogen-bond acceptors (Lipinski definition) is 4. The molecule has 20 heavy (non-hydrogen) atoms. The van der Waals surface area contributed by atoms with Crippen molar-refractivity contribution in [1.82, 2.24) is 9.55 Å². The third kappa shape index (κ3) is 3.52. The van der Waals surface area contributed by atoms with Crippen LogP contribution in [0.5, 0.6) is 5.75 Å². The van der Waals surface area contributed by atoms with E-state index in [4.69, 9.17) is 9.47 Å². The number of methoxy groups -OCH3 is 2. The lowest BCUT2D eigenvalue weighted by molar-refractivity contribution is 0.188. The highest BCUT2D eigenvalue weighted by molar-refractivity contribution is 9.10. The number of aryl methyl sites for hydroxylation is 1. The number of nitrogens with one attached hydrogen (secondary N) is 1.